The molecule has 4 nitrogen and oxygen atoms in total. The van der Waals surface area contributed by atoms with Gasteiger partial charge in [-0.2, -0.15) is 13.2 Å². The SMILES string of the molecule is O=C(C(C=Nc1ccccc1F)=C(O)c1ccco1)C(F)(F)F. The van der Waals surface area contributed by atoms with Gasteiger partial charge < -0.3 is 9.52 Å². The fraction of sp³-hybridized carbons (Fsp3) is 0.0667. The van der Waals surface area contributed by atoms with E-state index in [2.05, 4.69) is 4.99 Å². The van der Waals surface area contributed by atoms with E-state index in [-0.39, 0.29) is 11.4 Å². The summed E-state index contributed by atoms with van der Waals surface area (Å²) < 4.78 is 56.1. The number of Topliss-reactive ketones (excluding diaryl/α,β-unsaturated/α-hetero) is 1. The van der Waals surface area contributed by atoms with E-state index >= 15 is 0 Å². The standard InChI is InChI=1S/C15H9F4NO3/c16-10-4-1-2-5-11(10)20-8-9(14(22)15(17,18)19)13(21)12-6-3-7-23-12/h1-8,21H. The molecule has 0 saturated carbocycles. The fourth-order valence-electron chi connectivity index (χ4n) is 1.62. The molecule has 23 heavy (non-hydrogen) atoms. The molecule has 2 rings (SSSR count). The maximum Gasteiger partial charge on any atom is 0.455 e. The molecule has 0 amide bonds. The maximum atomic E-state index is 13.4. The second-order valence-electron chi connectivity index (χ2n) is 4.28. The molecule has 0 aliphatic heterocycles. The van der Waals surface area contributed by atoms with Gasteiger partial charge in [-0.15, -0.1) is 0 Å². The number of nitrogens with zero attached hydrogens (tertiary/aromatic N) is 1. The minimum Gasteiger partial charge on any atom is -0.504 e. The van der Waals surface area contributed by atoms with E-state index in [0.29, 0.717) is 6.21 Å². The Hall–Kier alpha value is -2.90. The highest BCUT2D eigenvalue weighted by Gasteiger charge is 2.42. The van der Waals surface area contributed by atoms with E-state index in [9.17, 15) is 27.5 Å². The molecule has 2 aromatic rings. The van der Waals surface area contributed by atoms with Gasteiger partial charge in [-0.1, -0.05) is 12.1 Å². The molecule has 1 aromatic heterocycles. The van der Waals surface area contributed by atoms with Gasteiger partial charge in [0.15, 0.2) is 11.5 Å². The zero-order valence-electron chi connectivity index (χ0n) is 11.3. The monoisotopic (exact) mass is 327 g/mol. The summed E-state index contributed by atoms with van der Waals surface area (Å²) >= 11 is 0. The molecule has 0 unspecified atom stereocenters. The number of rotatable bonds is 4. The average Bonchev–Trinajstić information content (AvgIpc) is 3.02. The molecule has 0 spiro atoms. The minimum absolute atomic E-state index is 0.285. The number of para-hydroxylation sites is 1. The van der Waals surface area contributed by atoms with Crippen LogP contribution in [-0.2, 0) is 4.79 Å². The molecule has 0 bridgehead atoms. The van der Waals surface area contributed by atoms with Crippen LogP contribution >= 0.6 is 0 Å². The van der Waals surface area contributed by atoms with Crippen molar-refractivity contribution >= 4 is 23.4 Å². The molecular formula is C15H9F4NO3. The van der Waals surface area contributed by atoms with Crippen LogP contribution in [0.2, 0.25) is 0 Å². The zero-order valence-corrected chi connectivity index (χ0v) is 11.3. The van der Waals surface area contributed by atoms with Gasteiger partial charge in [0.2, 0.25) is 0 Å². The Kier molecular flexibility index (Phi) is 4.63. The average molecular weight is 327 g/mol. The summed E-state index contributed by atoms with van der Waals surface area (Å²) in [5, 5.41) is 9.83. The first-order valence-corrected chi connectivity index (χ1v) is 6.18. The number of carbonyl (C=O) groups is 1. The van der Waals surface area contributed by atoms with Crippen molar-refractivity contribution in [3.8, 4) is 0 Å². The van der Waals surface area contributed by atoms with Crippen molar-refractivity contribution < 1.29 is 31.9 Å². The molecule has 0 aliphatic carbocycles. The molecule has 1 heterocycles. The van der Waals surface area contributed by atoms with Crippen LogP contribution in [0.4, 0.5) is 23.2 Å². The summed E-state index contributed by atoms with van der Waals surface area (Å²) in [4.78, 5) is 14.9. The highest BCUT2D eigenvalue weighted by molar-refractivity contribution is 6.20. The van der Waals surface area contributed by atoms with Gasteiger partial charge in [0.1, 0.15) is 5.82 Å². The second-order valence-corrected chi connectivity index (χ2v) is 4.28. The number of carbonyl (C=O) groups excluding carboxylic acids is 1. The van der Waals surface area contributed by atoms with Crippen LogP contribution in [-0.4, -0.2) is 23.3 Å². The third-order valence-electron chi connectivity index (χ3n) is 2.70. The number of ketones is 1. The van der Waals surface area contributed by atoms with Gasteiger partial charge in [0.25, 0.3) is 5.78 Å². The van der Waals surface area contributed by atoms with Crippen molar-refractivity contribution in [2.45, 2.75) is 6.18 Å². The Labute approximate surface area is 127 Å². The molecule has 0 aliphatic rings. The maximum absolute atomic E-state index is 13.4. The Bertz CT molecular complexity index is 761. The Morgan fingerprint density at radius 3 is 2.43 bits per heavy atom. The molecule has 0 atom stereocenters. The normalized spacial score (nSPS) is 13.2. The third-order valence-corrected chi connectivity index (χ3v) is 2.70. The van der Waals surface area contributed by atoms with Crippen molar-refractivity contribution in [2.75, 3.05) is 0 Å². The smallest absolute Gasteiger partial charge is 0.455 e. The number of allylic oxidation sites excluding steroid dienone is 1. The van der Waals surface area contributed by atoms with Gasteiger partial charge in [-0.05, 0) is 24.3 Å². The Balaban J connectivity index is 2.49. The Morgan fingerprint density at radius 2 is 1.87 bits per heavy atom. The lowest BCUT2D eigenvalue weighted by Gasteiger charge is -2.07. The van der Waals surface area contributed by atoms with E-state index < -0.39 is 29.1 Å². The first kappa shape index (κ1) is 16.5. The van der Waals surface area contributed by atoms with Crippen LogP contribution in [0.5, 0.6) is 0 Å². The van der Waals surface area contributed by atoms with Gasteiger partial charge >= 0.3 is 6.18 Å². The molecule has 0 fully saturated rings. The van der Waals surface area contributed by atoms with Crippen LogP contribution in [0.25, 0.3) is 5.76 Å². The largest absolute Gasteiger partial charge is 0.504 e. The van der Waals surface area contributed by atoms with E-state index in [4.69, 9.17) is 4.42 Å². The van der Waals surface area contributed by atoms with E-state index in [1.807, 2.05) is 0 Å². The van der Waals surface area contributed by atoms with Crippen molar-refractivity contribution in [3.05, 3.63) is 59.8 Å². The molecule has 1 aromatic carbocycles. The molecule has 8 heteroatoms. The first-order valence-electron chi connectivity index (χ1n) is 6.18. The Morgan fingerprint density at radius 1 is 1.17 bits per heavy atom. The van der Waals surface area contributed by atoms with Crippen LogP contribution < -0.4 is 0 Å². The van der Waals surface area contributed by atoms with E-state index in [0.717, 1.165) is 18.4 Å². The van der Waals surface area contributed by atoms with Gasteiger partial charge in [-0.25, -0.2) is 4.39 Å². The topological polar surface area (TPSA) is 62.8 Å². The third kappa shape index (κ3) is 3.85. The summed E-state index contributed by atoms with van der Waals surface area (Å²) in [5.74, 6) is -4.51. The molecule has 0 radical (unpaired) electrons. The summed E-state index contributed by atoms with van der Waals surface area (Å²) in [5.41, 5.74) is -1.44. The van der Waals surface area contributed by atoms with Crippen molar-refractivity contribution in [3.63, 3.8) is 0 Å². The van der Waals surface area contributed by atoms with Crippen molar-refractivity contribution in [1.29, 1.82) is 0 Å². The summed E-state index contributed by atoms with van der Waals surface area (Å²) in [7, 11) is 0. The lowest BCUT2D eigenvalue weighted by molar-refractivity contribution is -0.165. The first-order chi connectivity index (χ1) is 10.8. The number of aliphatic hydroxyl groups excluding tert-OH is 1. The molecule has 120 valence electrons. The van der Waals surface area contributed by atoms with Gasteiger partial charge in [-0.3, -0.25) is 9.79 Å². The van der Waals surface area contributed by atoms with Gasteiger partial charge in [0.05, 0.1) is 17.5 Å². The zero-order chi connectivity index (χ0) is 17.0. The molecule has 0 saturated heterocycles. The summed E-state index contributed by atoms with van der Waals surface area (Å²) in [6.45, 7) is 0. The lowest BCUT2D eigenvalue weighted by atomic mass is 10.1. The predicted octanol–water partition coefficient (Wildman–Crippen LogP) is 4.22. The highest BCUT2D eigenvalue weighted by atomic mass is 19.4. The van der Waals surface area contributed by atoms with Crippen molar-refractivity contribution in [2.24, 2.45) is 4.99 Å². The number of aliphatic hydroxyl groups is 1. The quantitative estimate of drug-likeness (QED) is 0.396. The number of furan rings is 1. The second kappa shape index (κ2) is 6.47. The number of halogens is 4. The number of aliphatic imine (C=N–C) groups is 1. The predicted molar refractivity (Wildman–Crippen MR) is 73.9 cm³/mol. The van der Waals surface area contributed by atoms with Crippen molar-refractivity contribution in [1.82, 2.24) is 0 Å². The summed E-state index contributed by atoms with van der Waals surface area (Å²) in [6, 6.07) is 7.51. The van der Waals surface area contributed by atoms with Crippen LogP contribution in [0, 0.1) is 5.82 Å². The number of hydrogen-bond donors (Lipinski definition) is 1. The van der Waals surface area contributed by atoms with Gasteiger partial charge in [0, 0.05) is 6.21 Å². The highest BCUT2D eigenvalue weighted by Crippen LogP contribution is 2.26. The summed E-state index contributed by atoms with van der Waals surface area (Å²) in [6.07, 6.45) is -3.68. The van der Waals surface area contributed by atoms with E-state index in [1.54, 1.807) is 0 Å². The van der Waals surface area contributed by atoms with Crippen LogP contribution in [0.3, 0.4) is 0 Å². The number of hydrogen-bond acceptors (Lipinski definition) is 4. The van der Waals surface area contributed by atoms with Crippen LogP contribution in [0.15, 0.2) is 57.6 Å². The van der Waals surface area contributed by atoms with E-state index in [1.165, 1.54) is 24.3 Å². The molecule has 1 N–H and O–H groups in total. The lowest BCUT2D eigenvalue weighted by Crippen LogP contribution is -2.26. The molecular weight excluding hydrogens is 318 g/mol. The number of benzene rings is 1. The minimum atomic E-state index is -5.24. The number of alkyl halides is 3. The van der Waals surface area contributed by atoms with Crippen LogP contribution in [0.1, 0.15) is 5.76 Å². The fourth-order valence-corrected chi connectivity index (χ4v) is 1.62.